The van der Waals surface area contributed by atoms with Crippen molar-refractivity contribution in [2.45, 2.75) is 19.3 Å². The average Bonchev–Trinajstić information content (AvgIpc) is 2.09. The zero-order valence-electron chi connectivity index (χ0n) is 6.96. The van der Waals surface area contributed by atoms with E-state index in [1.165, 1.54) is 5.56 Å². The third-order valence-corrected chi connectivity index (χ3v) is 1.95. The Kier molecular flexibility index (Phi) is 2.91. The highest BCUT2D eigenvalue weighted by Gasteiger charge is 2.01. The fraction of sp³-hybridized carbons (Fsp3) is 0.273. The molecule has 0 aromatic heterocycles. The molecule has 1 aromatic rings. The van der Waals surface area contributed by atoms with Crippen LogP contribution in [0.25, 0.3) is 0 Å². The van der Waals surface area contributed by atoms with Crippen LogP contribution in [0.2, 0.25) is 0 Å². The summed E-state index contributed by atoms with van der Waals surface area (Å²) in [6.07, 6.45) is 3.14. The van der Waals surface area contributed by atoms with Crippen molar-refractivity contribution < 1.29 is 0 Å². The minimum absolute atomic E-state index is 0.524. The quantitative estimate of drug-likeness (QED) is 0.573. The van der Waals surface area contributed by atoms with Crippen LogP contribution in [0.5, 0.6) is 0 Å². The Bertz CT molecular complexity index is 211. The highest BCUT2D eigenvalue weighted by atomic mass is 14.1. The number of benzene rings is 1. The first-order valence-corrected chi connectivity index (χ1v) is 4.06. The van der Waals surface area contributed by atoms with E-state index < -0.39 is 0 Å². The van der Waals surface area contributed by atoms with Gasteiger partial charge in [0.2, 0.25) is 0 Å². The largest absolute Gasteiger partial charge is 0.102 e. The SMILES string of the molecule is C=C[C@@H](CC)c1ccccc1. The summed E-state index contributed by atoms with van der Waals surface area (Å²) in [6.45, 7) is 5.99. The van der Waals surface area contributed by atoms with Gasteiger partial charge in [0.25, 0.3) is 0 Å². The van der Waals surface area contributed by atoms with Crippen LogP contribution in [0.4, 0.5) is 0 Å². The molecule has 11 heavy (non-hydrogen) atoms. The Hall–Kier alpha value is -1.04. The number of allylic oxidation sites excluding steroid dienone is 1. The van der Waals surface area contributed by atoms with Gasteiger partial charge in [-0.15, -0.1) is 6.58 Å². The first-order valence-electron chi connectivity index (χ1n) is 4.06. The molecule has 0 aliphatic carbocycles. The van der Waals surface area contributed by atoms with Crippen molar-refractivity contribution in [3.05, 3.63) is 48.6 Å². The van der Waals surface area contributed by atoms with Crippen LogP contribution in [0.15, 0.2) is 43.0 Å². The summed E-state index contributed by atoms with van der Waals surface area (Å²) in [5, 5.41) is 0. The van der Waals surface area contributed by atoms with Gasteiger partial charge in [-0.05, 0) is 12.0 Å². The Labute approximate surface area is 68.6 Å². The van der Waals surface area contributed by atoms with Gasteiger partial charge in [0.15, 0.2) is 0 Å². The van der Waals surface area contributed by atoms with Crippen LogP contribution in [-0.4, -0.2) is 0 Å². The second kappa shape index (κ2) is 3.97. The second-order valence-electron chi connectivity index (χ2n) is 2.66. The molecule has 0 spiro atoms. The smallest absolute Gasteiger partial charge is 0.00126 e. The minimum atomic E-state index is 0.524. The highest BCUT2D eigenvalue weighted by Crippen LogP contribution is 2.19. The van der Waals surface area contributed by atoms with Crippen LogP contribution in [0.3, 0.4) is 0 Å². The average molecular weight is 146 g/mol. The summed E-state index contributed by atoms with van der Waals surface area (Å²) in [5.41, 5.74) is 1.37. The van der Waals surface area contributed by atoms with Crippen LogP contribution in [-0.2, 0) is 0 Å². The van der Waals surface area contributed by atoms with Gasteiger partial charge < -0.3 is 0 Å². The van der Waals surface area contributed by atoms with Gasteiger partial charge in [-0.3, -0.25) is 0 Å². The van der Waals surface area contributed by atoms with Gasteiger partial charge in [0.05, 0.1) is 0 Å². The van der Waals surface area contributed by atoms with E-state index in [2.05, 4.69) is 37.8 Å². The molecule has 0 bridgehead atoms. The molecule has 58 valence electrons. The third kappa shape index (κ3) is 1.94. The van der Waals surface area contributed by atoms with E-state index in [1.807, 2.05) is 12.1 Å². The summed E-state index contributed by atoms with van der Waals surface area (Å²) < 4.78 is 0. The van der Waals surface area contributed by atoms with Gasteiger partial charge in [-0.25, -0.2) is 0 Å². The van der Waals surface area contributed by atoms with Crippen LogP contribution >= 0.6 is 0 Å². The predicted molar refractivity (Wildman–Crippen MR) is 49.7 cm³/mol. The molecule has 1 aromatic carbocycles. The normalized spacial score (nSPS) is 12.5. The molecule has 0 heterocycles. The van der Waals surface area contributed by atoms with Gasteiger partial charge in [0.1, 0.15) is 0 Å². The molecule has 0 heteroatoms. The molecule has 0 saturated heterocycles. The predicted octanol–water partition coefficient (Wildman–Crippen LogP) is 3.37. The maximum Gasteiger partial charge on any atom is 0.00126 e. The molecule has 0 aliphatic heterocycles. The van der Waals surface area contributed by atoms with Crippen molar-refractivity contribution >= 4 is 0 Å². The first kappa shape index (κ1) is 8.06. The van der Waals surface area contributed by atoms with Crippen LogP contribution in [0, 0.1) is 0 Å². The van der Waals surface area contributed by atoms with Crippen molar-refractivity contribution in [2.24, 2.45) is 0 Å². The van der Waals surface area contributed by atoms with Crippen LogP contribution in [0.1, 0.15) is 24.8 Å². The third-order valence-electron chi connectivity index (χ3n) is 1.95. The van der Waals surface area contributed by atoms with Gasteiger partial charge in [0, 0.05) is 5.92 Å². The molecule has 0 radical (unpaired) electrons. The molecule has 1 atom stereocenters. The molecule has 0 N–H and O–H groups in total. The number of hydrogen-bond acceptors (Lipinski definition) is 0. The van der Waals surface area contributed by atoms with Crippen molar-refractivity contribution in [1.82, 2.24) is 0 Å². The maximum absolute atomic E-state index is 3.81. The molecule has 0 nitrogen and oxygen atoms in total. The van der Waals surface area contributed by atoms with Crippen LogP contribution < -0.4 is 0 Å². The number of hydrogen-bond donors (Lipinski definition) is 0. The molecule has 1 rings (SSSR count). The topological polar surface area (TPSA) is 0 Å². The lowest BCUT2D eigenvalue weighted by molar-refractivity contribution is 0.807. The fourth-order valence-electron chi connectivity index (χ4n) is 1.24. The van der Waals surface area contributed by atoms with Crippen molar-refractivity contribution in [2.75, 3.05) is 0 Å². The van der Waals surface area contributed by atoms with E-state index in [1.54, 1.807) is 0 Å². The van der Waals surface area contributed by atoms with E-state index in [4.69, 9.17) is 0 Å². The van der Waals surface area contributed by atoms with E-state index in [9.17, 15) is 0 Å². The zero-order chi connectivity index (χ0) is 8.10. The zero-order valence-corrected chi connectivity index (χ0v) is 6.96. The lowest BCUT2D eigenvalue weighted by Gasteiger charge is -2.08. The minimum Gasteiger partial charge on any atom is -0.102 e. The summed E-state index contributed by atoms with van der Waals surface area (Å²) in [7, 11) is 0. The monoisotopic (exact) mass is 146 g/mol. The Morgan fingerprint density at radius 2 is 2.00 bits per heavy atom. The Morgan fingerprint density at radius 3 is 2.45 bits per heavy atom. The van der Waals surface area contributed by atoms with Gasteiger partial charge >= 0.3 is 0 Å². The highest BCUT2D eigenvalue weighted by molar-refractivity contribution is 5.22. The summed E-state index contributed by atoms with van der Waals surface area (Å²) in [6, 6.07) is 10.5. The Morgan fingerprint density at radius 1 is 1.36 bits per heavy atom. The van der Waals surface area contributed by atoms with E-state index >= 15 is 0 Å². The standard InChI is InChI=1S/C11H14/c1-3-10(4-2)11-8-6-5-7-9-11/h3,5-10H,1,4H2,2H3/t10-/m0/s1. The lowest BCUT2D eigenvalue weighted by atomic mass is 9.97. The Balaban J connectivity index is 2.82. The molecular weight excluding hydrogens is 132 g/mol. The molecule has 0 saturated carbocycles. The van der Waals surface area contributed by atoms with E-state index in [-0.39, 0.29) is 0 Å². The van der Waals surface area contributed by atoms with E-state index in [0.29, 0.717) is 5.92 Å². The van der Waals surface area contributed by atoms with Gasteiger partial charge in [-0.2, -0.15) is 0 Å². The molecule has 0 unspecified atom stereocenters. The number of rotatable bonds is 3. The maximum atomic E-state index is 3.81. The molecule has 0 fully saturated rings. The molecule has 0 amide bonds. The molecule has 0 aliphatic rings. The summed E-state index contributed by atoms with van der Waals surface area (Å²) in [5.74, 6) is 0.524. The summed E-state index contributed by atoms with van der Waals surface area (Å²) in [4.78, 5) is 0. The fourth-order valence-corrected chi connectivity index (χ4v) is 1.24. The summed E-state index contributed by atoms with van der Waals surface area (Å²) >= 11 is 0. The van der Waals surface area contributed by atoms with Crippen molar-refractivity contribution in [3.8, 4) is 0 Å². The van der Waals surface area contributed by atoms with E-state index in [0.717, 1.165) is 6.42 Å². The second-order valence-corrected chi connectivity index (χ2v) is 2.66. The first-order chi connectivity index (χ1) is 5.38. The lowest BCUT2D eigenvalue weighted by Crippen LogP contribution is -1.90. The van der Waals surface area contributed by atoms with Gasteiger partial charge in [-0.1, -0.05) is 43.3 Å². The van der Waals surface area contributed by atoms with Crippen molar-refractivity contribution in [1.29, 1.82) is 0 Å². The van der Waals surface area contributed by atoms with Crippen molar-refractivity contribution in [3.63, 3.8) is 0 Å². The molecular formula is C11H14.